The maximum absolute atomic E-state index is 6.44. The second-order valence-electron chi connectivity index (χ2n) is 4.21. The molecule has 0 amide bonds. The fourth-order valence-corrected chi connectivity index (χ4v) is 3.92. The third-order valence-corrected chi connectivity index (χ3v) is 5.96. The molecule has 0 radical (unpaired) electrons. The van der Waals surface area contributed by atoms with Gasteiger partial charge in [0, 0.05) is 10.2 Å². The van der Waals surface area contributed by atoms with Crippen molar-refractivity contribution in [3.8, 4) is 0 Å². The molecule has 0 aromatic carbocycles. The molecule has 3 atom stereocenters. The first-order chi connectivity index (χ1) is 6.41. The van der Waals surface area contributed by atoms with Gasteiger partial charge in [-0.15, -0.1) is 23.2 Å². The molecule has 1 saturated carbocycles. The topological polar surface area (TPSA) is 0 Å². The molecule has 82 valence electrons. The van der Waals surface area contributed by atoms with E-state index in [0.717, 1.165) is 17.3 Å². The van der Waals surface area contributed by atoms with Crippen LogP contribution in [0.4, 0.5) is 0 Å². The zero-order valence-electron chi connectivity index (χ0n) is 8.24. The molecule has 4 heteroatoms. The van der Waals surface area contributed by atoms with Crippen LogP contribution in [0.15, 0.2) is 11.6 Å². The van der Waals surface area contributed by atoms with Gasteiger partial charge in [0.25, 0.3) is 0 Å². The summed E-state index contributed by atoms with van der Waals surface area (Å²) in [6, 6.07) is 0. The molecule has 0 saturated heterocycles. The molecule has 0 N–H and O–H groups in total. The first-order valence-electron chi connectivity index (χ1n) is 4.59. The molecule has 3 unspecified atom stereocenters. The van der Waals surface area contributed by atoms with Gasteiger partial charge in [-0.1, -0.05) is 51.8 Å². The molecule has 0 aliphatic heterocycles. The van der Waals surface area contributed by atoms with Gasteiger partial charge >= 0.3 is 0 Å². The molecular weight excluding hydrogens is 351 g/mol. The number of halogens is 4. The smallest absolute Gasteiger partial charge is 0.0621 e. The van der Waals surface area contributed by atoms with Crippen molar-refractivity contribution in [1.82, 2.24) is 0 Å². The molecule has 1 aliphatic carbocycles. The van der Waals surface area contributed by atoms with E-state index in [-0.39, 0.29) is 16.2 Å². The van der Waals surface area contributed by atoms with Crippen molar-refractivity contribution in [1.29, 1.82) is 0 Å². The Morgan fingerprint density at radius 3 is 2.57 bits per heavy atom. The SMILES string of the molecule is CC1(C)C(Br)CC(Cl)C(=CCBr)C1Cl. The minimum Gasteiger partial charge on any atom is -0.118 e. The summed E-state index contributed by atoms with van der Waals surface area (Å²) in [4.78, 5) is 0.382. The predicted molar refractivity (Wildman–Crippen MR) is 72.3 cm³/mol. The van der Waals surface area contributed by atoms with Crippen molar-refractivity contribution in [2.24, 2.45) is 5.41 Å². The summed E-state index contributed by atoms with van der Waals surface area (Å²) >= 11 is 19.8. The van der Waals surface area contributed by atoms with E-state index >= 15 is 0 Å². The summed E-state index contributed by atoms with van der Waals surface area (Å²) in [6.45, 7) is 4.35. The Bertz CT molecular complexity index is 238. The third kappa shape index (κ3) is 2.50. The van der Waals surface area contributed by atoms with Crippen molar-refractivity contribution >= 4 is 55.1 Å². The number of allylic oxidation sites excluding steroid dienone is 2. The van der Waals surface area contributed by atoms with Gasteiger partial charge in [0.15, 0.2) is 0 Å². The Balaban J connectivity index is 2.95. The minimum absolute atomic E-state index is 0.0145. The van der Waals surface area contributed by atoms with Gasteiger partial charge in [-0.2, -0.15) is 0 Å². The van der Waals surface area contributed by atoms with E-state index in [1.165, 1.54) is 0 Å². The lowest BCUT2D eigenvalue weighted by atomic mass is 9.74. The first-order valence-corrected chi connectivity index (χ1v) is 7.50. The van der Waals surface area contributed by atoms with Crippen LogP contribution in [0.2, 0.25) is 0 Å². The van der Waals surface area contributed by atoms with E-state index in [1.807, 2.05) is 0 Å². The summed E-state index contributed by atoms with van der Waals surface area (Å²) in [5, 5.41) is 0.894. The Kier molecular flexibility index (Phi) is 4.84. The normalized spacial score (nSPS) is 40.1. The maximum atomic E-state index is 6.44. The maximum Gasteiger partial charge on any atom is 0.0621 e. The summed E-state index contributed by atoms with van der Waals surface area (Å²) in [7, 11) is 0. The zero-order chi connectivity index (χ0) is 10.9. The van der Waals surface area contributed by atoms with E-state index in [0.29, 0.717) is 4.83 Å². The van der Waals surface area contributed by atoms with Crippen molar-refractivity contribution in [3.63, 3.8) is 0 Å². The van der Waals surface area contributed by atoms with Gasteiger partial charge in [-0.05, 0) is 17.4 Å². The fraction of sp³-hybridized carbons (Fsp3) is 0.800. The molecule has 0 spiro atoms. The lowest BCUT2D eigenvalue weighted by Gasteiger charge is -2.43. The molecule has 0 heterocycles. The fourth-order valence-electron chi connectivity index (χ4n) is 1.69. The second kappa shape index (κ2) is 5.07. The summed E-state index contributed by atoms with van der Waals surface area (Å²) in [6.07, 6.45) is 3.03. The van der Waals surface area contributed by atoms with Crippen LogP contribution in [-0.4, -0.2) is 20.9 Å². The molecule has 1 aliphatic rings. The minimum atomic E-state index is 0.0145. The van der Waals surface area contributed by atoms with E-state index in [9.17, 15) is 0 Å². The number of hydrogen-bond donors (Lipinski definition) is 0. The Hall–Kier alpha value is 1.28. The molecule has 0 nitrogen and oxygen atoms in total. The monoisotopic (exact) mass is 362 g/mol. The van der Waals surface area contributed by atoms with E-state index < -0.39 is 0 Å². The second-order valence-corrected chi connectivity index (χ2v) is 6.93. The predicted octanol–water partition coefficient (Wildman–Crippen LogP) is 4.72. The highest BCUT2D eigenvalue weighted by Gasteiger charge is 2.44. The van der Waals surface area contributed by atoms with Gasteiger partial charge in [0.05, 0.1) is 10.8 Å². The molecule has 0 aromatic heterocycles. The Morgan fingerprint density at radius 2 is 2.07 bits per heavy atom. The van der Waals surface area contributed by atoms with Gasteiger partial charge in [-0.25, -0.2) is 0 Å². The van der Waals surface area contributed by atoms with Gasteiger partial charge < -0.3 is 0 Å². The highest BCUT2D eigenvalue weighted by atomic mass is 79.9. The molecule has 0 aromatic rings. The zero-order valence-corrected chi connectivity index (χ0v) is 12.9. The van der Waals surface area contributed by atoms with Crippen LogP contribution in [0.25, 0.3) is 0 Å². The largest absolute Gasteiger partial charge is 0.118 e. The average molecular weight is 365 g/mol. The summed E-state index contributed by atoms with van der Waals surface area (Å²) < 4.78 is 0. The number of hydrogen-bond acceptors (Lipinski definition) is 0. The van der Waals surface area contributed by atoms with Crippen molar-refractivity contribution < 1.29 is 0 Å². The first kappa shape index (κ1) is 13.3. The van der Waals surface area contributed by atoms with E-state index in [2.05, 4.69) is 51.8 Å². The van der Waals surface area contributed by atoms with Crippen molar-refractivity contribution in [3.05, 3.63) is 11.6 Å². The molecule has 1 fully saturated rings. The van der Waals surface area contributed by atoms with Crippen LogP contribution in [-0.2, 0) is 0 Å². The lowest BCUT2D eigenvalue weighted by molar-refractivity contribution is 0.315. The molecule has 14 heavy (non-hydrogen) atoms. The van der Waals surface area contributed by atoms with Crippen molar-refractivity contribution in [2.75, 3.05) is 5.33 Å². The van der Waals surface area contributed by atoms with Crippen LogP contribution in [0.5, 0.6) is 0 Å². The van der Waals surface area contributed by atoms with Gasteiger partial charge in [0.1, 0.15) is 0 Å². The van der Waals surface area contributed by atoms with E-state index in [4.69, 9.17) is 23.2 Å². The lowest BCUT2D eigenvalue weighted by Crippen LogP contribution is -2.43. The Morgan fingerprint density at radius 1 is 1.50 bits per heavy atom. The van der Waals surface area contributed by atoms with Gasteiger partial charge in [0.2, 0.25) is 0 Å². The average Bonchev–Trinajstić information content (AvgIpc) is 2.10. The molecule has 0 bridgehead atoms. The van der Waals surface area contributed by atoms with Crippen LogP contribution in [0, 0.1) is 5.41 Å². The number of rotatable bonds is 1. The standard InChI is InChI=1S/C10H14Br2Cl2/c1-10(2)8(12)5-7(13)6(3-4-11)9(10)14/h3,7-9H,4-5H2,1-2H3. The number of alkyl halides is 4. The highest BCUT2D eigenvalue weighted by Crippen LogP contribution is 2.47. The third-order valence-electron chi connectivity index (χ3n) is 2.84. The quantitative estimate of drug-likeness (QED) is 0.466. The molecular formula is C10H14Br2Cl2. The van der Waals surface area contributed by atoms with Crippen LogP contribution in [0.3, 0.4) is 0 Å². The summed E-state index contributed by atoms with van der Waals surface area (Å²) in [5.41, 5.74) is 1.21. The van der Waals surface area contributed by atoms with Crippen molar-refractivity contribution in [2.45, 2.75) is 35.8 Å². The Labute approximate surface area is 113 Å². The van der Waals surface area contributed by atoms with Crippen LogP contribution >= 0.6 is 55.1 Å². The van der Waals surface area contributed by atoms with Gasteiger partial charge in [-0.3, -0.25) is 0 Å². The van der Waals surface area contributed by atoms with Crippen LogP contribution < -0.4 is 0 Å². The highest BCUT2D eigenvalue weighted by molar-refractivity contribution is 9.09. The molecule has 1 rings (SSSR count). The van der Waals surface area contributed by atoms with E-state index in [1.54, 1.807) is 0 Å². The van der Waals surface area contributed by atoms with Crippen LogP contribution in [0.1, 0.15) is 20.3 Å². The summed E-state index contributed by atoms with van der Waals surface area (Å²) in [5.74, 6) is 0.